The topological polar surface area (TPSA) is 244 Å². The molecular weight excluding hydrogens is 709 g/mol. The van der Waals surface area contributed by atoms with Gasteiger partial charge in [-0.05, 0) is 35.2 Å². The largest absolute Gasteiger partial charge is 0.777 e. The first-order valence-electron chi connectivity index (χ1n) is 13.0. The second-order valence-corrected chi connectivity index (χ2v) is 14.0. The van der Waals surface area contributed by atoms with Crippen molar-refractivity contribution in [2.45, 2.75) is 35.2 Å². The minimum Gasteiger partial charge on any atom is -0.777 e. The third kappa shape index (κ3) is 11.3. The highest BCUT2D eigenvalue weighted by atomic mass is 32.2. The lowest BCUT2D eigenvalue weighted by Crippen LogP contribution is -2.50. The van der Waals surface area contributed by atoms with E-state index in [2.05, 4.69) is 11.5 Å². The first kappa shape index (κ1) is 39.7. The second-order valence-electron chi connectivity index (χ2n) is 9.30. The summed E-state index contributed by atoms with van der Waals surface area (Å²) in [4.78, 5) is 30.7. The number of carboxylic acids is 1. The fourth-order valence-electron chi connectivity index (χ4n) is 3.54. The molecule has 2 unspecified atom stereocenters. The molecule has 22 heteroatoms. The van der Waals surface area contributed by atoms with Gasteiger partial charge in [0.25, 0.3) is 10.0 Å². The number of fused-ring (bicyclic) bond motifs is 1. The van der Waals surface area contributed by atoms with Gasteiger partial charge < -0.3 is 45.2 Å². The van der Waals surface area contributed by atoms with Gasteiger partial charge in [-0.15, -0.1) is 11.3 Å². The van der Waals surface area contributed by atoms with Gasteiger partial charge in [0.2, 0.25) is 0 Å². The number of alkyl halides is 6. The van der Waals surface area contributed by atoms with Gasteiger partial charge in [-0.25, -0.2) is 8.42 Å². The van der Waals surface area contributed by atoms with Crippen LogP contribution in [0.2, 0.25) is 0 Å². The molecule has 0 saturated carbocycles. The highest BCUT2D eigenvalue weighted by molar-refractivity contribution is 7.92. The molecule has 260 valence electrons. The molecule has 0 saturated heterocycles. The number of nitrogens with zero attached hydrogens (tertiary/aromatic N) is 1. The van der Waals surface area contributed by atoms with E-state index in [4.69, 9.17) is 24.6 Å². The molecule has 3 rings (SSSR count). The lowest BCUT2D eigenvalue weighted by Gasteiger charge is -2.28. The van der Waals surface area contributed by atoms with Gasteiger partial charge in [-0.1, -0.05) is 6.07 Å². The smallest absolute Gasteiger partial charge is 0.430 e. The van der Waals surface area contributed by atoms with Crippen LogP contribution in [0.15, 0.2) is 40.6 Å². The summed E-state index contributed by atoms with van der Waals surface area (Å²) >= 11 is 0.751. The predicted octanol–water partition coefficient (Wildman–Crippen LogP) is 0.635. The lowest BCUT2D eigenvalue weighted by atomic mass is 10.0. The third-order valence-electron chi connectivity index (χ3n) is 5.74. The fourth-order valence-corrected chi connectivity index (χ4v) is 7.51. The lowest BCUT2D eigenvalue weighted by molar-refractivity contribution is -0.369. The molecule has 0 amide bonds. The van der Waals surface area contributed by atoms with Crippen LogP contribution in [0.5, 0.6) is 11.5 Å². The van der Waals surface area contributed by atoms with Crippen LogP contribution < -0.4 is 35.7 Å². The molecule has 1 aromatic heterocycles. The van der Waals surface area contributed by atoms with Gasteiger partial charge in [0.1, 0.15) is 16.0 Å². The number of aliphatic carboxylic acids is 1. The van der Waals surface area contributed by atoms with Crippen LogP contribution in [0.1, 0.15) is 35.3 Å². The second kappa shape index (κ2) is 16.1. The number of carbonyl (C=O) groups is 1. The van der Waals surface area contributed by atoms with Crippen LogP contribution in [0.3, 0.4) is 0 Å². The number of nitrogens with one attached hydrogen (secondary N) is 1. The summed E-state index contributed by atoms with van der Waals surface area (Å²) in [5.74, 6) is -4.75. The zero-order valence-electron chi connectivity index (χ0n) is 23.9. The first-order chi connectivity index (χ1) is 21.6. The molecular formula is C25H27F6N4O9PS2. The van der Waals surface area contributed by atoms with Gasteiger partial charge >= 0.3 is 12.4 Å². The van der Waals surface area contributed by atoms with Crippen molar-refractivity contribution >= 4 is 45.0 Å². The van der Waals surface area contributed by atoms with Crippen LogP contribution in [0.4, 0.5) is 26.3 Å². The van der Waals surface area contributed by atoms with Crippen LogP contribution in [-0.4, -0.2) is 51.8 Å². The molecule has 0 aliphatic rings. The maximum absolute atomic E-state index is 13.4. The Hall–Kier alpha value is -3.48. The average Bonchev–Trinajstić information content (AvgIpc) is 3.39. The average molecular weight is 737 g/mol. The SMILES string of the molecule is N#Cc1ccc(C(NS(=O)(=O)c2cc3cc(OCCC[NH3+])c(OCCC[NH3+])cc3s2)P(=O)([O-])O)cc1C(F)(F)F.O=C([O-])C(F)(F)F. The van der Waals surface area contributed by atoms with E-state index in [1.54, 1.807) is 16.9 Å². The zero-order valence-corrected chi connectivity index (χ0v) is 26.4. The molecule has 0 aliphatic carbocycles. The number of rotatable bonds is 13. The van der Waals surface area contributed by atoms with Crippen LogP contribution in [0.25, 0.3) is 10.1 Å². The zero-order chi connectivity index (χ0) is 35.8. The summed E-state index contributed by atoms with van der Waals surface area (Å²) in [6.07, 6.45) is -8.92. The van der Waals surface area contributed by atoms with E-state index >= 15 is 0 Å². The van der Waals surface area contributed by atoms with Crippen molar-refractivity contribution in [3.63, 3.8) is 0 Å². The minimum atomic E-state index is -5.63. The number of hydrogen-bond donors (Lipinski definition) is 4. The first-order valence-corrected chi connectivity index (χ1v) is 17.0. The van der Waals surface area contributed by atoms with Crippen molar-refractivity contribution in [1.29, 1.82) is 5.26 Å². The normalized spacial score (nSPS) is 14.0. The molecule has 0 fully saturated rings. The number of carbonyl (C=O) groups excluding carboxylic acids is 1. The third-order valence-corrected chi connectivity index (χ3v) is 9.99. The molecule has 2 atom stereocenters. The number of thiophene rings is 1. The summed E-state index contributed by atoms with van der Waals surface area (Å²) in [5.41, 5.74) is 4.49. The van der Waals surface area contributed by atoms with Gasteiger partial charge in [0, 0.05) is 23.6 Å². The molecule has 3 aromatic rings. The number of carboxylic acid groups (broad SMARTS) is 1. The van der Waals surface area contributed by atoms with Gasteiger partial charge in [0.15, 0.2) is 19.1 Å². The molecule has 8 N–H and O–H groups in total. The minimum absolute atomic E-state index is 0.308. The van der Waals surface area contributed by atoms with Crippen molar-refractivity contribution in [1.82, 2.24) is 4.72 Å². The Labute approximate surface area is 266 Å². The fraction of sp³-hybridized carbons (Fsp3) is 0.360. The van der Waals surface area contributed by atoms with E-state index in [0.29, 0.717) is 72.9 Å². The van der Waals surface area contributed by atoms with Crippen molar-refractivity contribution in [3.05, 3.63) is 53.1 Å². The number of sulfonamides is 1. The van der Waals surface area contributed by atoms with Crippen molar-refractivity contribution in [2.75, 3.05) is 26.3 Å². The van der Waals surface area contributed by atoms with E-state index in [0.717, 1.165) is 17.4 Å². The molecule has 47 heavy (non-hydrogen) atoms. The van der Waals surface area contributed by atoms with Crippen molar-refractivity contribution < 1.29 is 80.0 Å². The number of halogens is 6. The highest BCUT2D eigenvalue weighted by Crippen LogP contribution is 2.48. The van der Waals surface area contributed by atoms with Gasteiger partial charge in [0.05, 0.1) is 43.5 Å². The summed E-state index contributed by atoms with van der Waals surface area (Å²) < 4.78 is 124. The predicted molar refractivity (Wildman–Crippen MR) is 148 cm³/mol. The molecule has 0 aliphatic heterocycles. The number of ether oxygens (including phenoxy) is 2. The number of nitriles is 1. The molecule has 13 nitrogen and oxygen atoms in total. The molecule has 2 aromatic carbocycles. The maximum Gasteiger partial charge on any atom is 0.430 e. The molecule has 1 heterocycles. The number of benzene rings is 2. The van der Waals surface area contributed by atoms with Crippen molar-refractivity contribution in [3.8, 4) is 17.6 Å². The quantitative estimate of drug-likeness (QED) is 0.108. The standard InChI is InChI=1S/C23H26F3N4O7PS2.C2HF3O2/c24-23(25,26)17-9-14(3-4-15(17)13-29)22(38(31,32)33)30-40(34,35)21-11-16-10-18(36-7-1-5-27)19(12-20(16)39-21)37-8-2-6-28;3-2(4,5)1(6)7/h3-4,9-12,22,30H,1-2,5-8,27-28H2,(H2,31,32,33);(H,6,7). The van der Waals surface area contributed by atoms with E-state index in [1.165, 1.54) is 12.1 Å². The van der Waals surface area contributed by atoms with E-state index in [-0.39, 0.29) is 4.21 Å². The van der Waals surface area contributed by atoms with Crippen LogP contribution in [-0.2, 0) is 25.6 Å². The number of quaternary nitrogens is 2. The van der Waals surface area contributed by atoms with Crippen molar-refractivity contribution in [2.24, 2.45) is 0 Å². The summed E-state index contributed by atoms with van der Waals surface area (Å²) in [6.45, 7) is 1.93. The van der Waals surface area contributed by atoms with E-state index in [1.807, 2.05) is 0 Å². The summed E-state index contributed by atoms with van der Waals surface area (Å²) in [7, 11) is -10.3. The highest BCUT2D eigenvalue weighted by Gasteiger charge is 2.36. The van der Waals surface area contributed by atoms with Crippen LogP contribution >= 0.6 is 18.9 Å². The Bertz CT molecular complexity index is 1710. The number of hydrogen-bond acceptors (Lipinski definition) is 10. The van der Waals surface area contributed by atoms with Crippen LogP contribution in [0, 0.1) is 11.3 Å². The summed E-state index contributed by atoms with van der Waals surface area (Å²) in [6, 6.07) is 7.53. The van der Waals surface area contributed by atoms with Gasteiger partial charge in [-0.3, -0.25) is 0 Å². The molecule has 0 bridgehead atoms. The Balaban J connectivity index is 0.000000984. The molecule has 0 radical (unpaired) electrons. The van der Waals surface area contributed by atoms with Gasteiger partial charge in [-0.2, -0.15) is 36.3 Å². The molecule has 0 spiro atoms. The van der Waals surface area contributed by atoms with E-state index < -0.39 is 58.4 Å². The Morgan fingerprint density at radius 2 is 1.57 bits per heavy atom. The Morgan fingerprint density at radius 1 is 1.04 bits per heavy atom. The Kier molecular flexibility index (Phi) is 13.6. The van der Waals surface area contributed by atoms with E-state index in [9.17, 15) is 49.1 Å². The Morgan fingerprint density at radius 3 is 2.02 bits per heavy atom. The monoisotopic (exact) mass is 736 g/mol. The summed E-state index contributed by atoms with van der Waals surface area (Å²) in [5, 5.41) is 18.2. The maximum atomic E-state index is 13.4.